The number of carboxylic acids is 2. The second-order valence-corrected chi connectivity index (χ2v) is 4.12. The van der Waals surface area contributed by atoms with Crippen LogP contribution in [0.5, 0.6) is 0 Å². The predicted octanol–water partition coefficient (Wildman–Crippen LogP) is 0.603. The van der Waals surface area contributed by atoms with Crippen molar-refractivity contribution in [2.75, 3.05) is 6.26 Å². The van der Waals surface area contributed by atoms with E-state index in [-0.39, 0.29) is 18.2 Å². The van der Waals surface area contributed by atoms with Gasteiger partial charge in [0.15, 0.2) is 0 Å². The van der Waals surface area contributed by atoms with E-state index < -0.39 is 18.0 Å². The maximum atomic E-state index is 10.4. The fourth-order valence-corrected chi connectivity index (χ4v) is 1.34. The number of nitrogens with one attached hydrogen (secondary N) is 1. The van der Waals surface area contributed by atoms with Crippen molar-refractivity contribution in [1.82, 2.24) is 5.32 Å². The normalized spacial score (nSPS) is 12.8. The van der Waals surface area contributed by atoms with Gasteiger partial charge in [0.25, 0.3) is 0 Å². The summed E-state index contributed by atoms with van der Waals surface area (Å²) in [6.45, 7) is 1.86. The fourth-order valence-electron chi connectivity index (χ4n) is 1.01. The maximum absolute atomic E-state index is 10.4. The number of aliphatic carboxylic acids is 2. The van der Waals surface area contributed by atoms with Crippen molar-refractivity contribution in [3.8, 4) is 0 Å². The Kier molecular flexibility index (Phi) is 6.31. The number of rotatable bonds is 7. The highest BCUT2D eigenvalue weighted by Gasteiger charge is 2.18. The van der Waals surface area contributed by atoms with Gasteiger partial charge in [-0.1, -0.05) is 0 Å². The molecule has 0 bridgehead atoms. The minimum atomic E-state index is -0.989. The summed E-state index contributed by atoms with van der Waals surface area (Å²) in [5.74, 6) is -1.98. The van der Waals surface area contributed by atoms with Gasteiger partial charge in [-0.05, 0) is 13.2 Å². The second-order valence-electron chi connectivity index (χ2n) is 2.94. The van der Waals surface area contributed by atoms with E-state index in [0.717, 1.165) is 0 Å². The average molecular weight is 221 g/mol. The molecule has 82 valence electrons. The van der Waals surface area contributed by atoms with Crippen LogP contribution in [-0.2, 0) is 9.59 Å². The van der Waals surface area contributed by atoms with Crippen LogP contribution in [0.15, 0.2) is 0 Å². The largest absolute Gasteiger partial charge is 0.481 e. The third kappa shape index (κ3) is 6.73. The zero-order valence-corrected chi connectivity index (χ0v) is 9.00. The van der Waals surface area contributed by atoms with E-state index in [9.17, 15) is 9.59 Å². The smallest absolute Gasteiger partial charge is 0.304 e. The Balaban J connectivity index is 4.09. The van der Waals surface area contributed by atoms with Crippen LogP contribution in [-0.4, -0.2) is 39.8 Å². The SMILES string of the molecule is CSC(C)NC(CC(=O)O)CC(=O)O. The van der Waals surface area contributed by atoms with Gasteiger partial charge in [-0.15, -0.1) is 11.8 Å². The van der Waals surface area contributed by atoms with Crippen LogP contribution < -0.4 is 5.32 Å². The quantitative estimate of drug-likeness (QED) is 0.546. The monoisotopic (exact) mass is 221 g/mol. The van der Waals surface area contributed by atoms with Gasteiger partial charge in [-0.3, -0.25) is 9.59 Å². The minimum Gasteiger partial charge on any atom is -0.481 e. The van der Waals surface area contributed by atoms with Gasteiger partial charge in [0.2, 0.25) is 0 Å². The van der Waals surface area contributed by atoms with E-state index in [0.29, 0.717) is 0 Å². The van der Waals surface area contributed by atoms with Gasteiger partial charge >= 0.3 is 11.9 Å². The summed E-state index contributed by atoms with van der Waals surface area (Å²) >= 11 is 1.51. The minimum absolute atomic E-state index is 0.0544. The van der Waals surface area contributed by atoms with Crippen LogP contribution >= 0.6 is 11.8 Å². The number of thioether (sulfide) groups is 1. The van der Waals surface area contributed by atoms with E-state index in [4.69, 9.17) is 10.2 Å². The van der Waals surface area contributed by atoms with Crippen molar-refractivity contribution >= 4 is 23.7 Å². The first-order valence-corrected chi connectivity index (χ1v) is 5.47. The summed E-state index contributed by atoms with van der Waals surface area (Å²) in [5, 5.41) is 20.1. The third-order valence-corrected chi connectivity index (χ3v) is 2.51. The molecular formula is C8H15NO4S. The first kappa shape index (κ1) is 13.2. The summed E-state index contributed by atoms with van der Waals surface area (Å²) in [6, 6.07) is -0.507. The lowest BCUT2D eigenvalue weighted by Gasteiger charge is -2.18. The Morgan fingerprint density at radius 2 is 1.71 bits per heavy atom. The summed E-state index contributed by atoms with van der Waals surface area (Å²) in [6.07, 6.45) is 1.53. The Morgan fingerprint density at radius 1 is 1.29 bits per heavy atom. The standard InChI is InChI=1S/C8H15NO4S/c1-5(14-2)9-6(3-7(10)11)4-8(12)13/h5-6,9H,3-4H2,1-2H3,(H,10,11)(H,12,13). The summed E-state index contributed by atoms with van der Waals surface area (Å²) < 4.78 is 0. The summed E-state index contributed by atoms with van der Waals surface area (Å²) in [5.41, 5.74) is 0. The molecule has 0 saturated heterocycles. The van der Waals surface area contributed by atoms with Crippen molar-refractivity contribution < 1.29 is 19.8 Å². The van der Waals surface area contributed by atoms with E-state index in [1.54, 1.807) is 0 Å². The molecule has 0 aliphatic heterocycles. The number of carboxylic acid groups (broad SMARTS) is 2. The molecule has 0 aromatic heterocycles. The van der Waals surface area contributed by atoms with E-state index in [1.807, 2.05) is 13.2 Å². The maximum Gasteiger partial charge on any atom is 0.304 e. The molecule has 0 aliphatic rings. The molecule has 0 fully saturated rings. The number of hydrogen-bond donors (Lipinski definition) is 3. The number of carbonyl (C=O) groups is 2. The third-order valence-electron chi connectivity index (χ3n) is 1.67. The summed E-state index contributed by atoms with van der Waals surface area (Å²) in [7, 11) is 0. The lowest BCUT2D eigenvalue weighted by Crippen LogP contribution is -2.37. The molecule has 14 heavy (non-hydrogen) atoms. The van der Waals surface area contributed by atoms with Crippen molar-refractivity contribution in [2.24, 2.45) is 0 Å². The molecule has 1 unspecified atom stereocenters. The lowest BCUT2D eigenvalue weighted by molar-refractivity contribution is -0.139. The van der Waals surface area contributed by atoms with Crippen LogP contribution in [0.25, 0.3) is 0 Å². The second kappa shape index (κ2) is 6.67. The molecule has 0 aromatic rings. The van der Waals surface area contributed by atoms with Gasteiger partial charge in [0, 0.05) is 6.04 Å². The molecule has 5 nitrogen and oxygen atoms in total. The van der Waals surface area contributed by atoms with Gasteiger partial charge in [0.1, 0.15) is 0 Å². The van der Waals surface area contributed by atoms with Gasteiger partial charge in [0.05, 0.1) is 18.2 Å². The molecule has 0 spiro atoms. The zero-order chi connectivity index (χ0) is 11.1. The molecule has 1 atom stereocenters. The van der Waals surface area contributed by atoms with Gasteiger partial charge < -0.3 is 15.5 Å². The molecule has 0 aromatic carbocycles. The van der Waals surface area contributed by atoms with Crippen molar-refractivity contribution in [1.29, 1.82) is 0 Å². The molecule has 0 aliphatic carbocycles. The van der Waals surface area contributed by atoms with Gasteiger partial charge in [-0.25, -0.2) is 0 Å². The highest BCUT2D eigenvalue weighted by Crippen LogP contribution is 2.06. The molecule has 0 rings (SSSR count). The van der Waals surface area contributed by atoms with Crippen LogP contribution in [0, 0.1) is 0 Å². The van der Waals surface area contributed by atoms with E-state index in [1.165, 1.54) is 11.8 Å². The molecule has 3 N–H and O–H groups in total. The highest BCUT2D eigenvalue weighted by atomic mass is 32.2. The van der Waals surface area contributed by atoms with Crippen molar-refractivity contribution in [3.63, 3.8) is 0 Å². The van der Waals surface area contributed by atoms with E-state index >= 15 is 0 Å². The fraction of sp³-hybridized carbons (Fsp3) is 0.750. The Hall–Kier alpha value is -0.750. The topological polar surface area (TPSA) is 86.6 Å². The zero-order valence-electron chi connectivity index (χ0n) is 8.19. The lowest BCUT2D eigenvalue weighted by atomic mass is 10.1. The highest BCUT2D eigenvalue weighted by molar-refractivity contribution is 7.99. The average Bonchev–Trinajstić information content (AvgIpc) is 2.01. The van der Waals surface area contributed by atoms with E-state index in [2.05, 4.69) is 5.32 Å². The Morgan fingerprint density at radius 3 is 2.00 bits per heavy atom. The van der Waals surface area contributed by atoms with Crippen molar-refractivity contribution in [2.45, 2.75) is 31.2 Å². The van der Waals surface area contributed by atoms with Crippen LogP contribution in [0.2, 0.25) is 0 Å². The molecule has 0 heterocycles. The molecule has 0 saturated carbocycles. The first-order valence-electron chi connectivity index (χ1n) is 4.18. The van der Waals surface area contributed by atoms with Crippen LogP contribution in [0.3, 0.4) is 0 Å². The predicted molar refractivity (Wildman–Crippen MR) is 54.4 cm³/mol. The van der Waals surface area contributed by atoms with Crippen molar-refractivity contribution in [3.05, 3.63) is 0 Å². The first-order chi connectivity index (χ1) is 6.45. The Bertz CT molecular complexity index is 194. The molecule has 0 amide bonds. The summed E-state index contributed by atoms with van der Waals surface area (Å²) in [4.78, 5) is 20.8. The molecule has 6 heteroatoms. The Labute approximate surface area is 86.9 Å². The number of hydrogen-bond acceptors (Lipinski definition) is 4. The van der Waals surface area contributed by atoms with Gasteiger partial charge in [-0.2, -0.15) is 0 Å². The molecular weight excluding hydrogens is 206 g/mol. The van der Waals surface area contributed by atoms with Crippen LogP contribution in [0.4, 0.5) is 0 Å². The van der Waals surface area contributed by atoms with Crippen LogP contribution in [0.1, 0.15) is 19.8 Å². The molecule has 0 radical (unpaired) electrons.